The van der Waals surface area contributed by atoms with Gasteiger partial charge in [0.2, 0.25) is 0 Å². The van der Waals surface area contributed by atoms with Crippen LogP contribution in [0.3, 0.4) is 0 Å². The number of rotatable bonds is 4. The topological polar surface area (TPSA) is 49.4 Å². The Balaban J connectivity index is 2.80. The van der Waals surface area contributed by atoms with Crippen LogP contribution < -0.4 is 5.11 Å². The minimum Gasteiger partial charge on any atom is -0.518 e. The lowest BCUT2D eigenvalue weighted by Gasteiger charge is -2.19. The Labute approximate surface area is 89.0 Å². The van der Waals surface area contributed by atoms with Crippen molar-refractivity contribution in [3.8, 4) is 0 Å². The molecule has 1 atom stereocenters. The predicted molar refractivity (Wildman–Crippen MR) is 54.8 cm³/mol. The van der Waals surface area contributed by atoms with E-state index in [1.54, 1.807) is 0 Å². The average molecular weight is 204 g/mol. The van der Waals surface area contributed by atoms with Gasteiger partial charge < -0.3 is 14.6 Å². The Kier molecular flexibility index (Phi) is 3.80. The summed E-state index contributed by atoms with van der Waals surface area (Å²) in [6.07, 6.45) is -1.11. The second-order valence-corrected chi connectivity index (χ2v) is 3.07. The van der Waals surface area contributed by atoms with Crippen molar-refractivity contribution in [2.45, 2.75) is 12.3 Å². The van der Waals surface area contributed by atoms with E-state index < -0.39 is 6.16 Å². The molecule has 0 aliphatic rings. The van der Waals surface area contributed by atoms with Gasteiger partial charge in [0.1, 0.15) is 0 Å². The molecule has 0 saturated heterocycles. The molecule has 0 aliphatic heterocycles. The van der Waals surface area contributed by atoms with Crippen molar-refractivity contribution in [2.75, 3.05) is 0 Å². The Bertz CT molecular complexity index is 343. The molecule has 0 fully saturated rings. The molecule has 0 spiro atoms. The van der Waals surface area contributed by atoms with Crippen molar-refractivity contribution in [1.82, 2.24) is 0 Å². The van der Waals surface area contributed by atoms with Crippen LogP contribution >= 0.6 is 0 Å². The van der Waals surface area contributed by atoms with Crippen LogP contribution in [-0.4, -0.2) is 6.16 Å². The Morgan fingerprint density at radius 3 is 2.53 bits per heavy atom. The smallest absolute Gasteiger partial charge is 0.256 e. The predicted octanol–water partition coefficient (Wildman–Crippen LogP) is 1.87. The minimum absolute atomic E-state index is 0.149. The fourth-order valence-electron chi connectivity index (χ4n) is 1.38. The molecule has 0 aliphatic carbocycles. The number of carbonyl (C=O) groups excluding carboxylic acids is 1. The zero-order valence-electron chi connectivity index (χ0n) is 8.31. The first-order valence-electron chi connectivity index (χ1n) is 4.57. The standard InChI is InChI=1S/C12H12O3/c1-3-11(9(2)15-12(13)14)10-7-5-4-6-8-10/h4-8,11H,1-3H2. The Morgan fingerprint density at radius 1 is 1.47 bits per heavy atom. The fourth-order valence-corrected chi connectivity index (χ4v) is 1.38. The van der Waals surface area contributed by atoms with Gasteiger partial charge in [-0.25, -0.2) is 0 Å². The molecule has 0 radical (unpaired) electrons. The Morgan fingerprint density at radius 2 is 2.07 bits per heavy atom. The second-order valence-electron chi connectivity index (χ2n) is 3.07. The van der Waals surface area contributed by atoms with Gasteiger partial charge in [-0.1, -0.05) is 36.9 Å². The summed E-state index contributed by atoms with van der Waals surface area (Å²) in [6, 6.07) is 9.36. The molecular weight excluding hydrogens is 192 g/mol. The molecule has 0 N–H and O–H groups in total. The Hall–Kier alpha value is -1.90. The summed E-state index contributed by atoms with van der Waals surface area (Å²) >= 11 is 0. The van der Waals surface area contributed by atoms with E-state index in [0.717, 1.165) is 5.56 Å². The summed E-state index contributed by atoms with van der Waals surface area (Å²) in [7, 11) is 0. The summed E-state index contributed by atoms with van der Waals surface area (Å²) in [6.45, 7) is 7.30. The third kappa shape index (κ3) is 3.06. The number of benzene rings is 1. The quantitative estimate of drug-likeness (QED) is 0.427. The molecule has 1 unspecified atom stereocenters. The summed E-state index contributed by atoms with van der Waals surface area (Å²) in [5, 5.41) is 10.2. The normalized spacial score (nSPS) is 11.7. The minimum atomic E-state index is -1.59. The molecule has 0 amide bonds. The summed E-state index contributed by atoms with van der Waals surface area (Å²) in [5.41, 5.74) is 0.929. The van der Waals surface area contributed by atoms with Gasteiger partial charge in [-0.15, -0.1) is 0 Å². The molecule has 0 saturated carbocycles. The van der Waals surface area contributed by atoms with E-state index in [9.17, 15) is 9.90 Å². The van der Waals surface area contributed by atoms with Crippen molar-refractivity contribution in [3.63, 3.8) is 0 Å². The lowest BCUT2D eigenvalue weighted by molar-refractivity contribution is -0.278. The van der Waals surface area contributed by atoms with Crippen molar-refractivity contribution in [3.05, 3.63) is 55.2 Å². The lowest BCUT2D eigenvalue weighted by atomic mass is 9.95. The molecule has 0 bridgehead atoms. The van der Waals surface area contributed by atoms with E-state index in [-0.39, 0.29) is 11.7 Å². The zero-order chi connectivity index (χ0) is 11.3. The number of allylic oxidation sites excluding steroid dienone is 1. The highest BCUT2D eigenvalue weighted by atomic mass is 16.7. The molecule has 1 aromatic carbocycles. The maximum absolute atomic E-state index is 10.2. The molecule has 1 rings (SSSR count). The highest BCUT2D eigenvalue weighted by Gasteiger charge is 2.15. The van der Waals surface area contributed by atoms with Crippen LogP contribution in [0.1, 0.15) is 17.9 Å². The maximum Gasteiger partial charge on any atom is 0.256 e. The van der Waals surface area contributed by atoms with Gasteiger partial charge in [0.15, 0.2) is 0 Å². The molecule has 78 valence electrons. The largest absolute Gasteiger partial charge is 0.518 e. The van der Waals surface area contributed by atoms with Gasteiger partial charge >= 0.3 is 0 Å². The molecule has 3 heteroatoms. The first-order chi connectivity index (χ1) is 7.15. The van der Waals surface area contributed by atoms with E-state index in [1.807, 2.05) is 30.3 Å². The van der Waals surface area contributed by atoms with Crippen molar-refractivity contribution < 1.29 is 14.6 Å². The van der Waals surface area contributed by atoms with Crippen LogP contribution in [-0.2, 0) is 4.74 Å². The van der Waals surface area contributed by atoms with Crippen LogP contribution in [0, 0.1) is 6.92 Å². The van der Waals surface area contributed by atoms with E-state index >= 15 is 0 Å². The maximum atomic E-state index is 10.2. The van der Waals surface area contributed by atoms with Crippen molar-refractivity contribution in [1.29, 1.82) is 0 Å². The van der Waals surface area contributed by atoms with Crippen LogP contribution in [0.2, 0.25) is 0 Å². The van der Waals surface area contributed by atoms with Gasteiger partial charge in [0, 0.05) is 5.76 Å². The van der Waals surface area contributed by atoms with Gasteiger partial charge in [-0.3, -0.25) is 0 Å². The van der Waals surface area contributed by atoms with Crippen LogP contribution in [0.4, 0.5) is 4.79 Å². The SMILES string of the molecule is C=C(OC(=O)[O-])C(C[CH2+])c1ccccc1. The monoisotopic (exact) mass is 204 g/mol. The zero-order valence-corrected chi connectivity index (χ0v) is 8.31. The molecule has 0 aromatic heterocycles. The lowest BCUT2D eigenvalue weighted by Crippen LogP contribution is -2.24. The van der Waals surface area contributed by atoms with Crippen molar-refractivity contribution >= 4 is 6.16 Å². The van der Waals surface area contributed by atoms with E-state index in [4.69, 9.17) is 0 Å². The van der Waals surface area contributed by atoms with Crippen LogP contribution in [0.25, 0.3) is 0 Å². The third-order valence-corrected chi connectivity index (χ3v) is 2.09. The number of hydrogen-bond donors (Lipinski definition) is 0. The first-order valence-corrected chi connectivity index (χ1v) is 4.57. The van der Waals surface area contributed by atoms with Gasteiger partial charge in [0.05, 0.1) is 19.3 Å². The number of ether oxygens (including phenoxy) is 1. The van der Waals surface area contributed by atoms with E-state index in [2.05, 4.69) is 18.2 Å². The first kappa shape index (κ1) is 11.2. The molecule has 3 nitrogen and oxygen atoms in total. The number of carbonyl (C=O) groups is 1. The van der Waals surface area contributed by atoms with Gasteiger partial charge in [0.25, 0.3) is 6.16 Å². The highest BCUT2D eigenvalue weighted by molar-refractivity contribution is 5.56. The molecule has 1 aromatic rings. The summed E-state index contributed by atoms with van der Waals surface area (Å²) < 4.78 is 4.43. The summed E-state index contributed by atoms with van der Waals surface area (Å²) in [4.78, 5) is 10.2. The number of hydrogen-bond acceptors (Lipinski definition) is 3. The van der Waals surface area contributed by atoms with Crippen LogP contribution in [0.15, 0.2) is 42.7 Å². The molecule has 15 heavy (non-hydrogen) atoms. The van der Waals surface area contributed by atoms with Crippen LogP contribution in [0.5, 0.6) is 0 Å². The highest BCUT2D eigenvalue weighted by Crippen LogP contribution is 2.26. The fraction of sp³-hybridized carbons (Fsp3) is 0.167. The van der Waals surface area contributed by atoms with Gasteiger partial charge in [-0.05, 0) is 5.56 Å². The van der Waals surface area contributed by atoms with E-state index in [0.29, 0.717) is 6.42 Å². The van der Waals surface area contributed by atoms with Gasteiger partial charge in [-0.2, -0.15) is 0 Å². The third-order valence-electron chi connectivity index (χ3n) is 2.09. The average Bonchev–Trinajstić information content (AvgIpc) is 2.19. The number of carboxylic acid groups (broad SMARTS) is 1. The van der Waals surface area contributed by atoms with Crippen molar-refractivity contribution in [2.24, 2.45) is 0 Å². The molecule has 0 heterocycles. The summed E-state index contributed by atoms with van der Waals surface area (Å²) in [5.74, 6) is -0.0692. The van der Waals surface area contributed by atoms with E-state index in [1.165, 1.54) is 0 Å². The second kappa shape index (κ2) is 5.10. The molecular formula is C12H12O3.